The Hall–Kier alpha value is -2.04. The molecule has 1 saturated carbocycles. The number of aromatic hydroxyl groups is 1. The van der Waals surface area contributed by atoms with Gasteiger partial charge in [-0.2, -0.15) is 0 Å². The topological polar surface area (TPSA) is 77.0 Å². The fraction of sp³-hybridized carbons (Fsp3) is 0.273. The summed E-state index contributed by atoms with van der Waals surface area (Å²) in [7, 11) is 0. The Morgan fingerprint density at radius 1 is 1.25 bits per heavy atom. The second kappa shape index (κ2) is 3.23. The molecule has 82 valence electrons. The van der Waals surface area contributed by atoms with Crippen LogP contribution in [0.1, 0.15) is 18.9 Å². The number of benzene rings is 1. The van der Waals surface area contributed by atoms with Crippen LogP contribution in [-0.4, -0.2) is 20.1 Å². The molecule has 0 aliphatic heterocycles. The van der Waals surface area contributed by atoms with Gasteiger partial charge in [0.05, 0.1) is 6.04 Å². The fourth-order valence-corrected chi connectivity index (χ4v) is 1.71. The van der Waals surface area contributed by atoms with Gasteiger partial charge in [0.15, 0.2) is 5.82 Å². The summed E-state index contributed by atoms with van der Waals surface area (Å²) in [6.07, 6.45) is 2.26. The van der Waals surface area contributed by atoms with E-state index < -0.39 is 0 Å². The van der Waals surface area contributed by atoms with Crippen molar-refractivity contribution in [3.8, 4) is 17.0 Å². The number of nitrogens with two attached hydrogens (primary N) is 1. The number of rotatable bonds is 2. The number of phenols is 1. The average Bonchev–Trinajstić information content (AvgIpc) is 3.05. The first-order valence-corrected chi connectivity index (χ1v) is 5.26. The zero-order valence-corrected chi connectivity index (χ0v) is 8.67. The second-order valence-corrected chi connectivity index (χ2v) is 4.05. The lowest BCUT2D eigenvalue weighted by molar-refractivity contribution is 0.475. The predicted octanol–water partition coefficient (Wildman–Crippen LogP) is 1.57. The third-order valence-corrected chi connectivity index (χ3v) is 2.76. The highest BCUT2D eigenvalue weighted by Crippen LogP contribution is 2.38. The Balaban J connectivity index is 2.02. The van der Waals surface area contributed by atoms with Crippen LogP contribution < -0.4 is 5.73 Å². The SMILES string of the molecule is Nc1c(-c2ccc(O)cc2)nnn1C1CC1. The highest BCUT2D eigenvalue weighted by Gasteiger charge is 2.28. The molecule has 0 radical (unpaired) electrons. The minimum Gasteiger partial charge on any atom is -0.508 e. The van der Waals surface area contributed by atoms with Crippen molar-refractivity contribution >= 4 is 5.82 Å². The molecule has 3 rings (SSSR count). The molecule has 0 amide bonds. The molecule has 1 heterocycles. The van der Waals surface area contributed by atoms with Crippen molar-refractivity contribution in [1.29, 1.82) is 0 Å². The van der Waals surface area contributed by atoms with Gasteiger partial charge in [0, 0.05) is 5.56 Å². The molecule has 1 fully saturated rings. The molecule has 16 heavy (non-hydrogen) atoms. The number of hydrogen-bond acceptors (Lipinski definition) is 4. The lowest BCUT2D eigenvalue weighted by atomic mass is 10.1. The third kappa shape index (κ3) is 1.41. The summed E-state index contributed by atoms with van der Waals surface area (Å²) < 4.78 is 1.78. The second-order valence-electron chi connectivity index (χ2n) is 4.05. The number of anilines is 1. The highest BCUT2D eigenvalue weighted by molar-refractivity contribution is 5.70. The van der Waals surface area contributed by atoms with Gasteiger partial charge in [-0.3, -0.25) is 0 Å². The maximum absolute atomic E-state index is 9.20. The number of phenolic OH excluding ortho intramolecular Hbond substituents is 1. The van der Waals surface area contributed by atoms with E-state index >= 15 is 0 Å². The number of nitrogen functional groups attached to an aromatic ring is 1. The van der Waals surface area contributed by atoms with Gasteiger partial charge in [-0.05, 0) is 37.1 Å². The third-order valence-electron chi connectivity index (χ3n) is 2.76. The molecule has 0 spiro atoms. The first kappa shape index (κ1) is 9.21. The van der Waals surface area contributed by atoms with E-state index in [4.69, 9.17) is 5.73 Å². The lowest BCUT2D eigenvalue weighted by Crippen LogP contribution is -2.02. The van der Waals surface area contributed by atoms with Crippen LogP contribution in [0.2, 0.25) is 0 Å². The van der Waals surface area contributed by atoms with Crippen molar-refractivity contribution in [3.05, 3.63) is 24.3 Å². The van der Waals surface area contributed by atoms with Gasteiger partial charge in [0.1, 0.15) is 11.4 Å². The van der Waals surface area contributed by atoms with Crippen molar-refractivity contribution in [2.75, 3.05) is 5.73 Å². The van der Waals surface area contributed by atoms with Gasteiger partial charge in [-0.1, -0.05) is 5.21 Å². The molecular weight excluding hydrogens is 204 g/mol. The maximum atomic E-state index is 9.20. The van der Waals surface area contributed by atoms with Crippen LogP contribution in [0.5, 0.6) is 5.75 Å². The van der Waals surface area contributed by atoms with Gasteiger partial charge in [-0.15, -0.1) is 5.10 Å². The molecule has 0 bridgehead atoms. The Labute approximate surface area is 92.5 Å². The van der Waals surface area contributed by atoms with E-state index in [1.807, 2.05) is 0 Å². The van der Waals surface area contributed by atoms with Crippen molar-refractivity contribution in [2.24, 2.45) is 0 Å². The van der Waals surface area contributed by atoms with Crippen LogP contribution >= 0.6 is 0 Å². The van der Waals surface area contributed by atoms with E-state index in [0.29, 0.717) is 17.6 Å². The van der Waals surface area contributed by atoms with Gasteiger partial charge >= 0.3 is 0 Å². The van der Waals surface area contributed by atoms with Gasteiger partial charge in [0.25, 0.3) is 0 Å². The largest absolute Gasteiger partial charge is 0.508 e. The van der Waals surface area contributed by atoms with Crippen molar-refractivity contribution < 1.29 is 5.11 Å². The molecular formula is C11H12N4O. The molecule has 1 aromatic carbocycles. The molecule has 5 nitrogen and oxygen atoms in total. The first-order chi connectivity index (χ1) is 7.75. The van der Waals surface area contributed by atoms with E-state index in [9.17, 15) is 5.11 Å². The fourth-order valence-electron chi connectivity index (χ4n) is 1.71. The zero-order chi connectivity index (χ0) is 11.1. The molecule has 5 heteroatoms. The molecule has 1 aliphatic carbocycles. The Kier molecular flexibility index (Phi) is 1.86. The monoisotopic (exact) mass is 216 g/mol. The standard InChI is InChI=1S/C11H12N4O/c12-11-10(7-1-5-9(16)6-2-7)13-14-15(11)8-3-4-8/h1-2,5-6,8,16H,3-4,12H2. The minimum absolute atomic E-state index is 0.233. The molecule has 0 unspecified atom stereocenters. The van der Waals surface area contributed by atoms with Crippen LogP contribution in [0.15, 0.2) is 24.3 Å². The smallest absolute Gasteiger partial charge is 0.150 e. The molecule has 0 saturated heterocycles. The number of aromatic nitrogens is 3. The number of nitrogens with zero attached hydrogens (tertiary/aromatic N) is 3. The quantitative estimate of drug-likeness (QED) is 0.798. The Morgan fingerprint density at radius 2 is 1.94 bits per heavy atom. The predicted molar refractivity (Wildman–Crippen MR) is 59.8 cm³/mol. The summed E-state index contributed by atoms with van der Waals surface area (Å²) >= 11 is 0. The van der Waals surface area contributed by atoms with Crippen molar-refractivity contribution in [1.82, 2.24) is 15.0 Å². The van der Waals surface area contributed by atoms with Crippen LogP contribution in [0.25, 0.3) is 11.3 Å². The average molecular weight is 216 g/mol. The number of hydrogen-bond donors (Lipinski definition) is 2. The molecule has 0 atom stereocenters. The van der Waals surface area contributed by atoms with E-state index in [2.05, 4.69) is 10.3 Å². The van der Waals surface area contributed by atoms with Crippen LogP contribution in [0.3, 0.4) is 0 Å². The lowest BCUT2D eigenvalue weighted by Gasteiger charge is -2.01. The van der Waals surface area contributed by atoms with E-state index in [0.717, 1.165) is 18.4 Å². The summed E-state index contributed by atoms with van der Waals surface area (Å²) in [6.45, 7) is 0. The van der Waals surface area contributed by atoms with E-state index in [1.165, 1.54) is 0 Å². The normalized spacial score (nSPS) is 15.2. The van der Waals surface area contributed by atoms with E-state index in [1.54, 1.807) is 28.9 Å². The molecule has 1 aliphatic rings. The first-order valence-electron chi connectivity index (χ1n) is 5.26. The molecule has 1 aromatic heterocycles. The highest BCUT2D eigenvalue weighted by atomic mass is 16.3. The van der Waals surface area contributed by atoms with Crippen LogP contribution in [0.4, 0.5) is 5.82 Å². The Bertz CT molecular complexity index is 513. The van der Waals surface area contributed by atoms with Crippen LogP contribution in [0, 0.1) is 0 Å². The van der Waals surface area contributed by atoms with Crippen molar-refractivity contribution in [3.63, 3.8) is 0 Å². The summed E-state index contributed by atoms with van der Waals surface area (Å²) in [6, 6.07) is 7.23. The molecule has 2 aromatic rings. The molecule has 3 N–H and O–H groups in total. The summed E-state index contributed by atoms with van der Waals surface area (Å²) in [4.78, 5) is 0. The summed E-state index contributed by atoms with van der Waals surface area (Å²) in [5.74, 6) is 0.838. The van der Waals surface area contributed by atoms with Crippen LogP contribution in [-0.2, 0) is 0 Å². The zero-order valence-electron chi connectivity index (χ0n) is 8.67. The minimum atomic E-state index is 0.233. The van der Waals surface area contributed by atoms with Gasteiger partial charge in [-0.25, -0.2) is 4.68 Å². The van der Waals surface area contributed by atoms with Gasteiger partial charge in [0.2, 0.25) is 0 Å². The Morgan fingerprint density at radius 3 is 2.56 bits per heavy atom. The van der Waals surface area contributed by atoms with Crippen molar-refractivity contribution in [2.45, 2.75) is 18.9 Å². The maximum Gasteiger partial charge on any atom is 0.150 e. The summed E-state index contributed by atoms with van der Waals surface area (Å²) in [5.41, 5.74) is 7.55. The van der Waals surface area contributed by atoms with Gasteiger partial charge < -0.3 is 10.8 Å². The van der Waals surface area contributed by atoms with E-state index in [-0.39, 0.29) is 5.75 Å². The summed E-state index contributed by atoms with van der Waals surface area (Å²) in [5, 5.41) is 17.3.